The van der Waals surface area contributed by atoms with Crippen molar-refractivity contribution in [3.8, 4) is 5.75 Å². The molecule has 1 aromatic heterocycles. The smallest absolute Gasteiger partial charge is 0.246 e. The van der Waals surface area contributed by atoms with Gasteiger partial charge in [0.25, 0.3) is 0 Å². The van der Waals surface area contributed by atoms with E-state index in [2.05, 4.69) is 22.3 Å². The second-order valence-corrected chi connectivity index (χ2v) is 6.25. The summed E-state index contributed by atoms with van der Waals surface area (Å²) in [6.45, 7) is 9.64. The van der Waals surface area contributed by atoms with Crippen molar-refractivity contribution in [1.82, 2.24) is 15.0 Å². The standard InChI is InChI=1S/C20H29N3O3/c1-5-18-21-19(26-22-18)14-23(6-2)20(24)10-8-9-16-11-12-17(25-7-3)15(4)13-16/h11-13H,5-10,14H2,1-4H3. The third-order valence-electron chi connectivity index (χ3n) is 4.28. The van der Waals surface area contributed by atoms with E-state index in [-0.39, 0.29) is 5.91 Å². The summed E-state index contributed by atoms with van der Waals surface area (Å²) in [5, 5.41) is 3.88. The molecule has 142 valence electrons. The second-order valence-electron chi connectivity index (χ2n) is 6.25. The molecule has 0 saturated heterocycles. The predicted octanol–water partition coefficient (Wildman–Crippen LogP) is 3.71. The predicted molar refractivity (Wildman–Crippen MR) is 100 cm³/mol. The lowest BCUT2D eigenvalue weighted by molar-refractivity contribution is -0.132. The summed E-state index contributed by atoms with van der Waals surface area (Å²) in [6, 6.07) is 6.22. The zero-order valence-electron chi connectivity index (χ0n) is 16.2. The maximum absolute atomic E-state index is 12.5. The van der Waals surface area contributed by atoms with Crippen molar-refractivity contribution in [2.45, 2.75) is 59.9 Å². The number of amides is 1. The number of benzene rings is 1. The summed E-state index contributed by atoms with van der Waals surface area (Å²) in [5.41, 5.74) is 2.36. The van der Waals surface area contributed by atoms with Crippen molar-refractivity contribution >= 4 is 5.91 Å². The van der Waals surface area contributed by atoms with Crippen molar-refractivity contribution in [3.63, 3.8) is 0 Å². The van der Waals surface area contributed by atoms with Crippen LogP contribution in [-0.4, -0.2) is 34.1 Å². The van der Waals surface area contributed by atoms with Gasteiger partial charge in [-0.2, -0.15) is 4.98 Å². The minimum absolute atomic E-state index is 0.117. The number of carbonyl (C=O) groups is 1. The minimum atomic E-state index is 0.117. The highest BCUT2D eigenvalue weighted by molar-refractivity contribution is 5.76. The lowest BCUT2D eigenvalue weighted by atomic mass is 10.0. The Morgan fingerprint density at radius 2 is 2.08 bits per heavy atom. The van der Waals surface area contributed by atoms with Crippen LogP contribution < -0.4 is 4.74 Å². The van der Waals surface area contributed by atoms with E-state index in [0.717, 1.165) is 30.6 Å². The second kappa shape index (κ2) is 9.94. The quantitative estimate of drug-likeness (QED) is 0.647. The minimum Gasteiger partial charge on any atom is -0.494 e. The van der Waals surface area contributed by atoms with Gasteiger partial charge >= 0.3 is 0 Å². The Bertz CT molecular complexity index is 712. The number of hydrogen-bond acceptors (Lipinski definition) is 5. The van der Waals surface area contributed by atoms with Crippen molar-refractivity contribution in [3.05, 3.63) is 41.0 Å². The fraction of sp³-hybridized carbons (Fsp3) is 0.550. The van der Waals surface area contributed by atoms with Crippen LogP contribution in [0, 0.1) is 6.92 Å². The number of rotatable bonds is 10. The zero-order valence-corrected chi connectivity index (χ0v) is 16.2. The first-order valence-electron chi connectivity index (χ1n) is 9.38. The zero-order chi connectivity index (χ0) is 18.9. The molecule has 6 nitrogen and oxygen atoms in total. The van der Waals surface area contributed by atoms with Gasteiger partial charge in [0, 0.05) is 19.4 Å². The third kappa shape index (κ3) is 5.58. The summed E-state index contributed by atoms with van der Waals surface area (Å²) in [7, 11) is 0. The van der Waals surface area contributed by atoms with Crippen LogP contribution in [0.15, 0.2) is 22.7 Å². The molecule has 1 aromatic carbocycles. The molecule has 0 radical (unpaired) electrons. The average Bonchev–Trinajstić information content (AvgIpc) is 3.09. The summed E-state index contributed by atoms with van der Waals surface area (Å²) >= 11 is 0. The molecule has 26 heavy (non-hydrogen) atoms. The normalized spacial score (nSPS) is 10.8. The molecule has 0 aliphatic rings. The van der Waals surface area contributed by atoms with Crippen molar-refractivity contribution in [2.75, 3.05) is 13.2 Å². The Hall–Kier alpha value is -2.37. The van der Waals surface area contributed by atoms with Crippen LogP contribution in [0.3, 0.4) is 0 Å². The van der Waals surface area contributed by atoms with E-state index in [1.807, 2.05) is 33.8 Å². The van der Waals surface area contributed by atoms with Gasteiger partial charge in [0.05, 0.1) is 13.2 Å². The van der Waals surface area contributed by atoms with E-state index in [9.17, 15) is 4.79 Å². The summed E-state index contributed by atoms with van der Waals surface area (Å²) in [4.78, 5) is 18.5. The Balaban J connectivity index is 1.83. The molecular formula is C20H29N3O3. The van der Waals surface area contributed by atoms with Gasteiger partial charge in [0.1, 0.15) is 5.75 Å². The Labute approximate surface area is 155 Å². The number of ether oxygens (including phenoxy) is 1. The lowest BCUT2D eigenvalue weighted by Gasteiger charge is -2.18. The number of nitrogens with zero attached hydrogens (tertiary/aromatic N) is 3. The fourth-order valence-corrected chi connectivity index (χ4v) is 2.82. The van der Waals surface area contributed by atoms with Crippen molar-refractivity contribution < 1.29 is 14.1 Å². The highest BCUT2D eigenvalue weighted by atomic mass is 16.5. The van der Waals surface area contributed by atoms with Crippen LogP contribution in [0.4, 0.5) is 0 Å². The summed E-state index contributed by atoms with van der Waals surface area (Å²) in [6.07, 6.45) is 2.92. The first-order chi connectivity index (χ1) is 12.6. The highest BCUT2D eigenvalue weighted by Gasteiger charge is 2.15. The Morgan fingerprint density at radius 3 is 2.69 bits per heavy atom. The van der Waals surface area contributed by atoms with Crippen LogP contribution in [0.5, 0.6) is 5.75 Å². The highest BCUT2D eigenvalue weighted by Crippen LogP contribution is 2.20. The van der Waals surface area contributed by atoms with Crippen molar-refractivity contribution in [2.24, 2.45) is 0 Å². The SMILES string of the molecule is CCOc1ccc(CCCC(=O)N(CC)Cc2nc(CC)no2)cc1C. The molecule has 0 atom stereocenters. The van der Waals surface area contributed by atoms with Gasteiger partial charge in [-0.15, -0.1) is 0 Å². The Morgan fingerprint density at radius 1 is 1.27 bits per heavy atom. The van der Waals surface area contributed by atoms with Crippen molar-refractivity contribution in [1.29, 1.82) is 0 Å². The van der Waals surface area contributed by atoms with Gasteiger partial charge < -0.3 is 14.2 Å². The molecule has 0 fully saturated rings. The van der Waals surface area contributed by atoms with Gasteiger partial charge in [0.15, 0.2) is 5.82 Å². The Kier molecular flexibility index (Phi) is 7.63. The number of aromatic nitrogens is 2. The van der Waals surface area contributed by atoms with E-state index >= 15 is 0 Å². The molecular weight excluding hydrogens is 330 g/mol. The van der Waals surface area contributed by atoms with E-state index in [1.54, 1.807) is 4.90 Å². The monoisotopic (exact) mass is 359 g/mol. The van der Waals surface area contributed by atoms with E-state index in [4.69, 9.17) is 9.26 Å². The van der Waals surface area contributed by atoms with Crippen LogP contribution in [0.2, 0.25) is 0 Å². The molecule has 0 N–H and O–H groups in total. The molecule has 2 aromatic rings. The maximum Gasteiger partial charge on any atom is 0.246 e. The number of carbonyl (C=O) groups excluding carboxylic acids is 1. The van der Waals surface area contributed by atoms with Gasteiger partial charge in [-0.25, -0.2) is 0 Å². The average molecular weight is 359 g/mol. The molecule has 0 bridgehead atoms. The largest absolute Gasteiger partial charge is 0.494 e. The molecule has 0 unspecified atom stereocenters. The lowest BCUT2D eigenvalue weighted by Crippen LogP contribution is -2.30. The first-order valence-corrected chi connectivity index (χ1v) is 9.38. The van der Waals surface area contributed by atoms with E-state index in [1.165, 1.54) is 5.56 Å². The topological polar surface area (TPSA) is 68.5 Å². The van der Waals surface area contributed by atoms with Gasteiger partial charge in [0.2, 0.25) is 11.8 Å². The van der Waals surface area contributed by atoms with Gasteiger partial charge in [-0.05, 0) is 50.8 Å². The summed E-state index contributed by atoms with van der Waals surface area (Å²) < 4.78 is 10.8. The number of aryl methyl sites for hydroxylation is 3. The molecule has 1 amide bonds. The third-order valence-corrected chi connectivity index (χ3v) is 4.28. The van der Waals surface area contributed by atoms with Crippen LogP contribution in [-0.2, 0) is 24.2 Å². The first kappa shape index (κ1) is 19.9. The molecule has 0 aliphatic carbocycles. The van der Waals surface area contributed by atoms with Crippen LogP contribution in [0.25, 0.3) is 0 Å². The molecule has 1 heterocycles. The van der Waals surface area contributed by atoms with Crippen LogP contribution >= 0.6 is 0 Å². The van der Waals surface area contributed by atoms with Crippen LogP contribution in [0.1, 0.15) is 56.5 Å². The number of hydrogen-bond donors (Lipinski definition) is 0. The molecule has 0 saturated carbocycles. The molecule has 2 rings (SSSR count). The van der Waals surface area contributed by atoms with Gasteiger partial charge in [-0.1, -0.05) is 24.2 Å². The molecule has 6 heteroatoms. The van der Waals surface area contributed by atoms with E-state index < -0.39 is 0 Å². The maximum atomic E-state index is 12.5. The fourth-order valence-electron chi connectivity index (χ4n) is 2.82. The van der Waals surface area contributed by atoms with E-state index in [0.29, 0.717) is 37.8 Å². The molecule has 0 spiro atoms. The summed E-state index contributed by atoms with van der Waals surface area (Å²) in [5.74, 6) is 2.22. The van der Waals surface area contributed by atoms with Gasteiger partial charge in [-0.3, -0.25) is 4.79 Å². The molecule has 0 aliphatic heterocycles.